The summed E-state index contributed by atoms with van der Waals surface area (Å²) in [7, 11) is 0. The van der Waals surface area contributed by atoms with Crippen molar-refractivity contribution in [3.63, 3.8) is 0 Å². The van der Waals surface area contributed by atoms with Gasteiger partial charge >= 0.3 is 12.1 Å². The number of alkyl carbamates (subject to hydrolysis) is 1. The van der Waals surface area contributed by atoms with Gasteiger partial charge in [-0.25, -0.2) is 9.59 Å². The summed E-state index contributed by atoms with van der Waals surface area (Å²) >= 11 is 0. The van der Waals surface area contributed by atoms with Crippen molar-refractivity contribution in [2.75, 3.05) is 18.5 Å². The molecule has 0 radical (unpaired) electrons. The minimum absolute atomic E-state index is 0.0519. The van der Waals surface area contributed by atoms with E-state index in [-0.39, 0.29) is 18.2 Å². The van der Waals surface area contributed by atoms with E-state index < -0.39 is 30.2 Å². The molecule has 0 fully saturated rings. The highest BCUT2D eigenvalue weighted by Crippen LogP contribution is 2.34. The van der Waals surface area contributed by atoms with Crippen molar-refractivity contribution in [3.05, 3.63) is 83.6 Å². The lowest BCUT2D eigenvalue weighted by Crippen LogP contribution is -2.37. The number of amides is 2. The molecule has 10 heteroatoms. The number of phenolic OH excluding ortho intramolecular Hbond substituents is 1. The molecule has 2 amide bonds. The van der Waals surface area contributed by atoms with E-state index in [0.29, 0.717) is 28.3 Å². The molecule has 0 aliphatic rings. The first-order valence-corrected chi connectivity index (χ1v) is 13.7. The Kier molecular flexibility index (Phi) is 9.18. The smallest absolute Gasteiger partial charge is 0.407 e. The Morgan fingerprint density at radius 1 is 0.953 bits per heavy atom. The van der Waals surface area contributed by atoms with Gasteiger partial charge in [0, 0.05) is 29.4 Å². The molecule has 10 nitrogen and oxygen atoms in total. The SMILES string of the molecule is Cc1cc(C)c(O)c(-c2cc3cc(NC(=O)C(CNC(=O)OC(C)(C)C)c4ccc(OCC(=O)O)cc4)ccc3cn2)c1. The first-order chi connectivity index (χ1) is 20.3. The molecule has 4 aromatic rings. The predicted molar refractivity (Wildman–Crippen MR) is 163 cm³/mol. The van der Waals surface area contributed by atoms with E-state index >= 15 is 0 Å². The molecule has 0 aliphatic carbocycles. The van der Waals surface area contributed by atoms with Gasteiger partial charge < -0.3 is 30.3 Å². The topological polar surface area (TPSA) is 147 Å². The monoisotopic (exact) mass is 585 g/mol. The minimum atomic E-state index is -1.10. The summed E-state index contributed by atoms with van der Waals surface area (Å²) in [6.45, 7) is 8.48. The van der Waals surface area contributed by atoms with Crippen molar-refractivity contribution in [1.29, 1.82) is 0 Å². The number of carboxylic acids is 1. The van der Waals surface area contributed by atoms with Gasteiger partial charge in [-0.15, -0.1) is 0 Å². The molecule has 0 bridgehead atoms. The second-order valence-corrected chi connectivity index (χ2v) is 11.3. The van der Waals surface area contributed by atoms with Crippen molar-refractivity contribution in [2.24, 2.45) is 0 Å². The van der Waals surface area contributed by atoms with Gasteiger partial charge in [-0.3, -0.25) is 9.78 Å². The van der Waals surface area contributed by atoms with Crippen LogP contribution in [0.5, 0.6) is 11.5 Å². The highest BCUT2D eigenvalue weighted by atomic mass is 16.6. The molecule has 1 atom stereocenters. The molecular weight excluding hydrogens is 550 g/mol. The second kappa shape index (κ2) is 12.8. The van der Waals surface area contributed by atoms with Crippen LogP contribution in [0.4, 0.5) is 10.5 Å². The highest BCUT2D eigenvalue weighted by molar-refractivity contribution is 5.98. The summed E-state index contributed by atoms with van der Waals surface area (Å²) in [6, 6.07) is 17.5. The van der Waals surface area contributed by atoms with Crippen LogP contribution in [-0.2, 0) is 14.3 Å². The molecule has 1 unspecified atom stereocenters. The lowest BCUT2D eigenvalue weighted by atomic mass is 9.97. The van der Waals surface area contributed by atoms with Crippen LogP contribution in [0.2, 0.25) is 0 Å². The number of hydrogen-bond acceptors (Lipinski definition) is 7. The lowest BCUT2D eigenvalue weighted by Gasteiger charge is -2.22. The second-order valence-electron chi connectivity index (χ2n) is 11.3. The quantitative estimate of drug-likeness (QED) is 0.189. The molecule has 3 aromatic carbocycles. The molecule has 0 spiro atoms. The number of fused-ring (bicyclic) bond motifs is 1. The maximum Gasteiger partial charge on any atom is 0.407 e. The number of rotatable bonds is 9. The van der Waals surface area contributed by atoms with Crippen molar-refractivity contribution in [2.45, 2.75) is 46.1 Å². The first-order valence-electron chi connectivity index (χ1n) is 13.7. The van der Waals surface area contributed by atoms with Crippen LogP contribution in [0.3, 0.4) is 0 Å². The number of nitrogens with zero attached hydrogens (tertiary/aromatic N) is 1. The number of carboxylic acid groups (broad SMARTS) is 1. The third-order valence-corrected chi connectivity index (χ3v) is 6.52. The average Bonchev–Trinajstić information content (AvgIpc) is 2.93. The summed E-state index contributed by atoms with van der Waals surface area (Å²) in [5, 5.41) is 26.8. The molecule has 0 aliphatic heterocycles. The number of aromatic hydroxyl groups is 1. The third-order valence-electron chi connectivity index (χ3n) is 6.52. The van der Waals surface area contributed by atoms with E-state index in [1.54, 1.807) is 57.3 Å². The number of nitrogens with one attached hydrogen (secondary N) is 2. The molecule has 43 heavy (non-hydrogen) atoms. The van der Waals surface area contributed by atoms with Gasteiger partial charge in [-0.1, -0.05) is 24.3 Å². The standard InChI is InChI=1S/C33H35N3O7/c1-19-12-20(2)30(39)26(13-19)28-15-23-14-24(9-6-22(23)16-34-28)36-31(40)27(17-35-32(41)43-33(3,4)5)21-7-10-25(11-8-21)42-18-29(37)38/h6-16,27,39H,17-18H2,1-5H3,(H,35,41)(H,36,40)(H,37,38). The molecule has 0 saturated heterocycles. The zero-order chi connectivity index (χ0) is 31.3. The molecule has 4 N–H and O–H groups in total. The number of hydrogen-bond donors (Lipinski definition) is 4. The number of aliphatic carboxylic acids is 1. The van der Waals surface area contributed by atoms with Crippen LogP contribution in [0.15, 0.2) is 66.9 Å². The summed E-state index contributed by atoms with van der Waals surface area (Å²) in [5.41, 5.74) is 3.38. The number of aromatic nitrogens is 1. The van der Waals surface area contributed by atoms with Gasteiger partial charge in [-0.05, 0) is 93.1 Å². The number of carbonyl (C=O) groups is 3. The summed E-state index contributed by atoms with van der Waals surface area (Å²) in [5.74, 6) is -1.79. The fourth-order valence-corrected chi connectivity index (χ4v) is 4.55. The van der Waals surface area contributed by atoms with Gasteiger partial charge in [0.05, 0.1) is 11.6 Å². The van der Waals surface area contributed by atoms with Crippen molar-refractivity contribution >= 4 is 34.4 Å². The largest absolute Gasteiger partial charge is 0.507 e. The Hall–Kier alpha value is -5.12. The molecular formula is C33H35N3O7. The van der Waals surface area contributed by atoms with Gasteiger partial charge in [0.15, 0.2) is 6.61 Å². The van der Waals surface area contributed by atoms with E-state index in [4.69, 9.17) is 14.6 Å². The minimum Gasteiger partial charge on any atom is -0.507 e. The van der Waals surface area contributed by atoms with Crippen molar-refractivity contribution in [3.8, 4) is 22.8 Å². The lowest BCUT2D eigenvalue weighted by molar-refractivity contribution is -0.139. The fourth-order valence-electron chi connectivity index (χ4n) is 4.55. The number of pyridine rings is 1. The average molecular weight is 586 g/mol. The number of anilines is 1. The van der Waals surface area contributed by atoms with Crippen LogP contribution < -0.4 is 15.4 Å². The zero-order valence-electron chi connectivity index (χ0n) is 24.7. The van der Waals surface area contributed by atoms with E-state index in [0.717, 1.165) is 21.9 Å². The van der Waals surface area contributed by atoms with Gasteiger partial charge in [0.2, 0.25) is 5.91 Å². The molecule has 1 aromatic heterocycles. The molecule has 224 valence electrons. The number of carbonyl (C=O) groups excluding carboxylic acids is 2. The van der Waals surface area contributed by atoms with E-state index in [1.165, 1.54) is 0 Å². The normalized spacial score (nSPS) is 11.9. The maximum absolute atomic E-state index is 13.6. The molecule has 4 rings (SSSR count). The van der Waals surface area contributed by atoms with Crippen LogP contribution in [0.1, 0.15) is 43.4 Å². The maximum atomic E-state index is 13.6. The highest BCUT2D eigenvalue weighted by Gasteiger charge is 2.24. The Morgan fingerprint density at radius 3 is 2.35 bits per heavy atom. The zero-order valence-corrected chi connectivity index (χ0v) is 24.7. The van der Waals surface area contributed by atoms with Crippen LogP contribution in [0, 0.1) is 13.8 Å². The molecule has 1 heterocycles. The number of ether oxygens (including phenoxy) is 2. The van der Waals surface area contributed by atoms with Gasteiger partial charge in [0.1, 0.15) is 17.1 Å². The molecule has 0 saturated carbocycles. The Morgan fingerprint density at radius 2 is 1.67 bits per heavy atom. The van der Waals surface area contributed by atoms with Crippen molar-refractivity contribution < 1.29 is 34.1 Å². The first kappa shape index (κ1) is 30.8. The Balaban J connectivity index is 1.59. The summed E-state index contributed by atoms with van der Waals surface area (Å²) < 4.78 is 10.5. The third kappa shape index (κ3) is 8.22. The van der Waals surface area contributed by atoms with Gasteiger partial charge in [-0.2, -0.15) is 0 Å². The van der Waals surface area contributed by atoms with Crippen LogP contribution in [0.25, 0.3) is 22.0 Å². The van der Waals surface area contributed by atoms with E-state index in [9.17, 15) is 19.5 Å². The fraction of sp³-hybridized carbons (Fsp3) is 0.273. The Bertz CT molecular complexity index is 1660. The Labute approximate surface area is 249 Å². The summed E-state index contributed by atoms with van der Waals surface area (Å²) in [4.78, 5) is 41.3. The summed E-state index contributed by atoms with van der Waals surface area (Å²) in [6.07, 6.45) is 1.06. The van der Waals surface area contributed by atoms with Crippen LogP contribution in [-0.4, -0.2) is 51.9 Å². The number of benzene rings is 3. The predicted octanol–water partition coefficient (Wildman–Crippen LogP) is 5.93. The number of phenols is 1. The van der Waals surface area contributed by atoms with Crippen molar-refractivity contribution in [1.82, 2.24) is 10.3 Å². The van der Waals surface area contributed by atoms with E-state index in [1.807, 2.05) is 44.2 Å². The number of aryl methyl sites for hydroxylation is 2. The van der Waals surface area contributed by atoms with Gasteiger partial charge in [0.25, 0.3) is 0 Å². The van der Waals surface area contributed by atoms with Crippen LogP contribution >= 0.6 is 0 Å². The van der Waals surface area contributed by atoms with E-state index in [2.05, 4.69) is 15.6 Å².